The Labute approximate surface area is 179 Å². The van der Waals surface area contributed by atoms with E-state index in [0.29, 0.717) is 19.8 Å². The molecule has 154 valence electrons. The van der Waals surface area contributed by atoms with Crippen LogP contribution in [0.25, 0.3) is 33.3 Å². The first-order valence-electron chi connectivity index (χ1n) is 10.1. The Morgan fingerprint density at radius 3 is 2.65 bits per heavy atom. The first kappa shape index (κ1) is 19.1. The highest BCUT2D eigenvalue weighted by Gasteiger charge is 2.10. The Morgan fingerprint density at radius 2 is 1.77 bits per heavy atom. The number of methoxy groups -OCH3 is 1. The second kappa shape index (κ2) is 8.49. The van der Waals surface area contributed by atoms with E-state index < -0.39 is 0 Å². The van der Waals surface area contributed by atoms with Gasteiger partial charge >= 0.3 is 0 Å². The zero-order valence-electron chi connectivity index (χ0n) is 17.1. The van der Waals surface area contributed by atoms with E-state index in [1.165, 1.54) is 0 Å². The molecule has 0 aliphatic rings. The first-order valence-corrected chi connectivity index (χ1v) is 10.1. The topological polar surface area (TPSA) is 75.0 Å². The Kier molecular flexibility index (Phi) is 5.24. The summed E-state index contributed by atoms with van der Waals surface area (Å²) in [5, 5.41) is 9.69. The highest BCUT2D eigenvalue weighted by molar-refractivity contribution is 5.79. The van der Waals surface area contributed by atoms with Crippen LogP contribution >= 0.6 is 0 Å². The average Bonchev–Trinajstić information content (AvgIpc) is 3.21. The van der Waals surface area contributed by atoms with E-state index >= 15 is 0 Å². The summed E-state index contributed by atoms with van der Waals surface area (Å²) in [5.41, 5.74) is 5.49. The molecule has 0 unspecified atom stereocenters. The van der Waals surface area contributed by atoms with E-state index in [-0.39, 0.29) is 0 Å². The molecule has 0 aliphatic heterocycles. The number of fused-ring (bicyclic) bond motifs is 2. The Balaban J connectivity index is 1.41. The van der Waals surface area contributed by atoms with Gasteiger partial charge in [0.05, 0.1) is 24.4 Å². The number of hydrogen-bond acceptors (Lipinski definition) is 6. The maximum atomic E-state index is 5.64. The molecule has 0 bridgehead atoms. The maximum absolute atomic E-state index is 5.64. The molecule has 0 fully saturated rings. The minimum absolute atomic E-state index is 0.524. The van der Waals surface area contributed by atoms with Gasteiger partial charge < -0.3 is 9.47 Å². The molecule has 2 aromatic carbocycles. The van der Waals surface area contributed by atoms with Crippen molar-refractivity contribution in [1.82, 2.24) is 25.0 Å². The van der Waals surface area contributed by atoms with Gasteiger partial charge in [0.25, 0.3) is 0 Å². The number of hydrogen-bond donors (Lipinski definition) is 0. The molecule has 5 aromatic rings. The quantitative estimate of drug-likeness (QED) is 0.375. The third kappa shape index (κ3) is 4.08. The number of pyridine rings is 2. The summed E-state index contributed by atoms with van der Waals surface area (Å²) in [6.45, 7) is 1.67. The van der Waals surface area contributed by atoms with Gasteiger partial charge in [0.2, 0.25) is 0 Å². The van der Waals surface area contributed by atoms with Crippen LogP contribution < -0.4 is 4.74 Å². The highest BCUT2D eigenvalue weighted by Crippen LogP contribution is 2.23. The van der Waals surface area contributed by atoms with E-state index in [1.807, 2.05) is 53.2 Å². The molecule has 3 heterocycles. The summed E-state index contributed by atoms with van der Waals surface area (Å²) in [4.78, 5) is 9.21. The van der Waals surface area contributed by atoms with Crippen molar-refractivity contribution in [3.05, 3.63) is 78.5 Å². The molecule has 0 radical (unpaired) electrons. The van der Waals surface area contributed by atoms with Gasteiger partial charge in [0.15, 0.2) is 5.65 Å². The summed E-state index contributed by atoms with van der Waals surface area (Å²) >= 11 is 0. The fourth-order valence-corrected chi connectivity index (χ4v) is 3.48. The van der Waals surface area contributed by atoms with Crippen molar-refractivity contribution in [1.29, 1.82) is 0 Å². The van der Waals surface area contributed by atoms with Crippen LogP contribution in [0.2, 0.25) is 0 Å². The molecule has 0 spiro atoms. The zero-order chi connectivity index (χ0) is 21.0. The molecular formula is C24H21N5O2. The summed E-state index contributed by atoms with van der Waals surface area (Å²) < 4.78 is 12.5. The number of rotatable bonds is 7. The van der Waals surface area contributed by atoms with Gasteiger partial charge in [-0.1, -0.05) is 17.3 Å². The standard InChI is InChI=1S/C24H21N5O2/c1-30-13-14-31-20-7-5-18(6-8-20)22-10-11-23-24(26-22)29(28-27-23)16-17-4-9-21-19(15-17)3-2-12-25-21/h2-12,15H,13-14,16H2,1H3. The van der Waals surface area contributed by atoms with E-state index in [1.54, 1.807) is 13.3 Å². The first-order chi connectivity index (χ1) is 15.3. The van der Waals surface area contributed by atoms with E-state index in [2.05, 4.69) is 33.5 Å². The monoisotopic (exact) mass is 411 g/mol. The molecule has 7 nitrogen and oxygen atoms in total. The molecule has 0 N–H and O–H groups in total. The van der Waals surface area contributed by atoms with Crippen LogP contribution in [0.15, 0.2) is 72.9 Å². The van der Waals surface area contributed by atoms with Crippen LogP contribution in [0, 0.1) is 0 Å². The van der Waals surface area contributed by atoms with Crippen molar-refractivity contribution in [2.24, 2.45) is 0 Å². The summed E-state index contributed by atoms with van der Waals surface area (Å²) in [6, 6.07) is 22.0. The fraction of sp³-hybridized carbons (Fsp3) is 0.167. The zero-order valence-corrected chi connectivity index (χ0v) is 17.1. The van der Waals surface area contributed by atoms with Crippen LogP contribution in [0.5, 0.6) is 5.75 Å². The number of benzene rings is 2. The molecule has 0 saturated carbocycles. The van der Waals surface area contributed by atoms with Crippen molar-refractivity contribution < 1.29 is 9.47 Å². The van der Waals surface area contributed by atoms with Crippen molar-refractivity contribution in [2.75, 3.05) is 20.3 Å². The van der Waals surface area contributed by atoms with Crippen molar-refractivity contribution in [3.8, 4) is 17.0 Å². The predicted molar refractivity (Wildman–Crippen MR) is 119 cm³/mol. The average molecular weight is 411 g/mol. The fourth-order valence-electron chi connectivity index (χ4n) is 3.48. The Morgan fingerprint density at radius 1 is 0.903 bits per heavy atom. The van der Waals surface area contributed by atoms with Gasteiger partial charge in [0, 0.05) is 24.3 Å². The van der Waals surface area contributed by atoms with Crippen molar-refractivity contribution >= 4 is 22.1 Å². The number of aromatic nitrogens is 5. The number of ether oxygens (including phenoxy) is 2. The van der Waals surface area contributed by atoms with Gasteiger partial charge in [-0.2, -0.15) is 0 Å². The lowest BCUT2D eigenvalue weighted by molar-refractivity contribution is 0.146. The lowest BCUT2D eigenvalue weighted by atomic mass is 10.1. The second-order valence-electron chi connectivity index (χ2n) is 7.18. The van der Waals surface area contributed by atoms with Gasteiger partial charge in [-0.05, 0) is 60.2 Å². The minimum Gasteiger partial charge on any atom is -0.491 e. The molecule has 31 heavy (non-hydrogen) atoms. The molecule has 7 heteroatoms. The van der Waals surface area contributed by atoms with Crippen LogP contribution in [0.3, 0.4) is 0 Å². The predicted octanol–water partition coefficient (Wildman–Crippen LogP) is 4.12. The summed E-state index contributed by atoms with van der Waals surface area (Å²) in [6.07, 6.45) is 1.80. The molecule has 0 aliphatic carbocycles. The smallest absolute Gasteiger partial charge is 0.179 e. The van der Waals surface area contributed by atoms with Gasteiger partial charge in [-0.25, -0.2) is 9.67 Å². The van der Waals surface area contributed by atoms with Gasteiger partial charge in [0.1, 0.15) is 17.9 Å². The summed E-state index contributed by atoms with van der Waals surface area (Å²) in [7, 11) is 1.66. The van der Waals surface area contributed by atoms with Crippen molar-refractivity contribution in [2.45, 2.75) is 6.54 Å². The number of nitrogens with zero attached hydrogens (tertiary/aromatic N) is 5. The third-order valence-electron chi connectivity index (χ3n) is 5.07. The van der Waals surface area contributed by atoms with Crippen LogP contribution in [0.4, 0.5) is 0 Å². The molecule has 0 atom stereocenters. The Hall–Kier alpha value is -3.84. The summed E-state index contributed by atoms with van der Waals surface area (Å²) in [5.74, 6) is 0.805. The normalized spacial score (nSPS) is 11.3. The molecular weight excluding hydrogens is 390 g/mol. The van der Waals surface area contributed by atoms with Gasteiger partial charge in [-0.15, -0.1) is 5.10 Å². The molecule has 0 saturated heterocycles. The second-order valence-corrected chi connectivity index (χ2v) is 7.18. The van der Waals surface area contributed by atoms with E-state index in [4.69, 9.17) is 14.5 Å². The lowest BCUT2D eigenvalue weighted by Gasteiger charge is -2.07. The highest BCUT2D eigenvalue weighted by atomic mass is 16.5. The Bertz CT molecular complexity index is 1330. The minimum atomic E-state index is 0.524. The molecule has 3 aromatic heterocycles. The maximum Gasteiger partial charge on any atom is 0.179 e. The molecule has 5 rings (SSSR count). The van der Waals surface area contributed by atoms with E-state index in [0.717, 1.165) is 44.6 Å². The van der Waals surface area contributed by atoms with Crippen LogP contribution in [-0.4, -0.2) is 45.3 Å². The van der Waals surface area contributed by atoms with E-state index in [9.17, 15) is 0 Å². The van der Waals surface area contributed by atoms with Crippen LogP contribution in [0.1, 0.15) is 5.56 Å². The lowest BCUT2D eigenvalue weighted by Crippen LogP contribution is -2.04. The van der Waals surface area contributed by atoms with Crippen molar-refractivity contribution in [3.63, 3.8) is 0 Å². The largest absolute Gasteiger partial charge is 0.491 e. The van der Waals surface area contributed by atoms with Crippen LogP contribution in [-0.2, 0) is 11.3 Å². The SMILES string of the molecule is COCCOc1ccc(-c2ccc3nnn(Cc4ccc5ncccc5c4)c3n2)cc1. The molecule has 0 amide bonds. The third-order valence-corrected chi connectivity index (χ3v) is 5.07. The van der Waals surface area contributed by atoms with Gasteiger partial charge in [-0.3, -0.25) is 4.98 Å².